The van der Waals surface area contributed by atoms with Gasteiger partial charge in [0.15, 0.2) is 6.61 Å². The number of anilines is 1. The lowest BCUT2D eigenvalue weighted by Crippen LogP contribution is -2.21. The molecule has 1 aromatic heterocycles. The molecule has 0 fully saturated rings. The number of ether oxygens (including phenoxy) is 1. The molecular formula is C16H14F3NO5. The highest BCUT2D eigenvalue weighted by atomic mass is 19.4. The molecule has 0 aliphatic rings. The van der Waals surface area contributed by atoms with Crippen LogP contribution in [-0.2, 0) is 22.3 Å². The van der Waals surface area contributed by atoms with Crippen molar-refractivity contribution in [2.75, 3.05) is 11.9 Å². The van der Waals surface area contributed by atoms with Crippen molar-refractivity contribution in [2.24, 2.45) is 0 Å². The highest BCUT2D eigenvalue weighted by molar-refractivity contribution is 5.95. The molecule has 2 aromatic rings. The molecule has 0 atom stereocenters. The zero-order chi connectivity index (χ0) is 18.6. The number of carbonyl (C=O) groups excluding carboxylic acids is 2. The van der Waals surface area contributed by atoms with Crippen molar-refractivity contribution in [1.29, 1.82) is 0 Å². The van der Waals surface area contributed by atoms with Crippen molar-refractivity contribution < 1.29 is 37.0 Å². The maximum absolute atomic E-state index is 12.4. The van der Waals surface area contributed by atoms with Gasteiger partial charge in [0.25, 0.3) is 5.91 Å². The first kappa shape index (κ1) is 18.5. The Labute approximate surface area is 140 Å². The van der Waals surface area contributed by atoms with Crippen molar-refractivity contribution in [3.05, 3.63) is 53.0 Å². The summed E-state index contributed by atoms with van der Waals surface area (Å²) in [6.07, 6.45) is -4.46. The van der Waals surface area contributed by atoms with E-state index in [2.05, 4.69) is 5.32 Å². The first-order chi connectivity index (χ1) is 11.7. The number of aliphatic hydroxyl groups is 1. The Balaban J connectivity index is 1.90. The molecule has 9 heteroatoms. The van der Waals surface area contributed by atoms with E-state index in [0.29, 0.717) is 0 Å². The normalized spacial score (nSPS) is 11.2. The first-order valence-corrected chi connectivity index (χ1v) is 7.05. The number of halogens is 3. The Morgan fingerprint density at radius 2 is 1.88 bits per heavy atom. The summed E-state index contributed by atoms with van der Waals surface area (Å²) in [4.78, 5) is 23.5. The zero-order valence-corrected chi connectivity index (χ0v) is 13.0. The smallest absolute Gasteiger partial charge is 0.416 e. The fourth-order valence-electron chi connectivity index (χ4n) is 1.97. The summed E-state index contributed by atoms with van der Waals surface area (Å²) < 4.78 is 47.2. The van der Waals surface area contributed by atoms with Crippen molar-refractivity contribution in [1.82, 2.24) is 0 Å². The molecule has 0 aliphatic heterocycles. The average molecular weight is 357 g/mol. The number of aryl methyl sites for hydroxylation is 1. The molecular weight excluding hydrogens is 343 g/mol. The number of alkyl halides is 3. The largest absolute Gasteiger partial charge is 0.463 e. The van der Waals surface area contributed by atoms with Gasteiger partial charge in [-0.2, -0.15) is 13.2 Å². The van der Waals surface area contributed by atoms with Crippen molar-refractivity contribution in [2.45, 2.75) is 19.7 Å². The highest BCUT2D eigenvalue weighted by Gasteiger charge is 2.30. The summed E-state index contributed by atoms with van der Waals surface area (Å²) in [7, 11) is 0. The number of amides is 1. The molecule has 1 amide bonds. The summed E-state index contributed by atoms with van der Waals surface area (Å²) in [5.74, 6) is -1.11. The van der Waals surface area contributed by atoms with Crippen LogP contribution < -0.4 is 5.32 Å². The van der Waals surface area contributed by atoms with Crippen LogP contribution in [0.25, 0.3) is 0 Å². The van der Waals surface area contributed by atoms with E-state index < -0.39 is 30.2 Å². The van der Waals surface area contributed by atoms with E-state index in [1.807, 2.05) is 0 Å². The highest BCUT2D eigenvalue weighted by Crippen LogP contribution is 2.29. The van der Waals surface area contributed by atoms with E-state index in [1.54, 1.807) is 0 Å². The molecule has 0 saturated heterocycles. The third kappa shape index (κ3) is 4.83. The molecule has 0 spiro atoms. The third-order valence-electron chi connectivity index (χ3n) is 3.17. The lowest BCUT2D eigenvalue weighted by atomic mass is 10.2. The van der Waals surface area contributed by atoms with Crippen LogP contribution in [-0.4, -0.2) is 23.6 Å². The second-order valence-electron chi connectivity index (χ2n) is 5.04. The fourth-order valence-corrected chi connectivity index (χ4v) is 1.97. The van der Waals surface area contributed by atoms with Gasteiger partial charge in [0.1, 0.15) is 23.7 Å². The molecule has 1 aromatic carbocycles. The number of hydrogen-bond acceptors (Lipinski definition) is 5. The van der Waals surface area contributed by atoms with Gasteiger partial charge in [-0.15, -0.1) is 0 Å². The van der Waals surface area contributed by atoms with E-state index >= 15 is 0 Å². The molecule has 0 saturated carbocycles. The van der Waals surface area contributed by atoms with E-state index in [9.17, 15) is 22.8 Å². The molecule has 25 heavy (non-hydrogen) atoms. The second kappa shape index (κ2) is 7.39. The van der Waals surface area contributed by atoms with Gasteiger partial charge in [0, 0.05) is 5.69 Å². The quantitative estimate of drug-likeness (QED) is 0.804. The summed E-state index contributed by atoms with van der Waals surface area (Å²) in [5, 5.41) is 11.2. The lowest BCUT2D eigenvalue weighted by molar-refractivity contribution is -0.137. The number of benzene rings is 1. The van der Waals surface area contributed by atoms with Crippen LogP contribution in [0.3, 0.4) is 0 Å². The Morgan fingerprint density at radius 3 is 2.40 bits per heavy atom. The van der Waals surface area contributed by atoms with E-state index in [0.717, 1.165) is 24.3 Å². The molecule has 0 unspecified atom stereocenters. The Bertz CT molecular complexity index is 765. The van der Waals surface area contributed by atoms with E-state index in [-0.39, 0.29) is 29.4 Å². The zero-order valence-electron chi connectivity index (χ0n) is 13.0. The lowest BCUT2D eigenvalue weighted by Gasteiger charge is -2.09. The third-order valence-corrected chi connectivity index (χ3v) is 3.17. The summed E-state index contributed by atoms with van der Waals surface area (Å²) >= 11 is 0. The van der Waals surface area contributed by atoms with Crippen molar-refractivity contribution in [3.8, 4) is 0 Å². The topological polar surface area (TPSA) is 88.8 Å². The van der Waals surface area contributed by atoms with E-state index in [4.69, 9.17) is 14.3 Å². The maximum Gasteiger partial charge on any atom is 0.416 e. The van der Waals surface area contributed by atoms with Gasteiger partial charge >= 0.3 is 12.1 Å². The van der Waals surface area contributed by atoms with E-state index in [1.165, 1.54) is 13.0 Å². The number of esters is 1. The molecule has 2 rings (SSSR count). The molecule has 0 bridgehead atoms. The van der Waals surface area contributed by atoms with Gasteiger partial charge in [-0.3, -0.25) is 4.79 Å². The number of aliphatic hydroxyl groups excluding tert-OH is 1. The predicted molar refractivity (Wildman–Crippen MR) is 79.7 cm³/mol. The first-order valence-electron chi connectivity index (χ1n) is 7.05. The van der Waals surface area contributed by atoms with Gasteiger partial charge in [-0.05, 0) is 37.3 Å². The SMILES string of the molecule is Cc1oc(CO)cc1C(=O)OCC(=O)Nc1ccc(C(F)(F)F)cc1. The van der Waals surface area contributed by atoms with Crippen LogP contribution in [0.5, 0.6) is 0 Å². The monoisotopic (exact) mass is 357 g/mol. The molecule has 0 radical (unpaired) electrons. The predicted octanol–water partition coefficient (Wildman–Crippen LogP) is 2.89. The number of hydrogen-bond donors (Lipinski definition) is 2. The maximum atomic E-state index is 12.4. The van der Waals surface area contributed by atoms with Gasteiger partial charge < -0.3 is 19.6 Å². The van der Waals surface area contributed by atoms with Gasteiger partial charge in [-0.1, -0.05) is 0 Å². The molecule has 0 aliphatic carbocycles. The fraction of sp³-hybridized carbons (Fsp3) is 0.250. The van der Waals surface area contributed by atoms with Crippen LogP contribution in [0, 0.1) is 6.92 Å². The number of furan rings is 1. The summed E-state index contributed by atoms with van der Waals surface area (Å²) in [6.45, 7) is 0.486. The number of carbonyl (C=O) groups is 2. The number of rotatable bonds is 5. The van der Waals surface area contributed by atoms with Crippen LogP contribution in [0.15, 0.2) is 34.7 Å². The summed E-state index contributed by atoms with van der Waals surface area (Å²) in [6, 6.07) is 5.14. The van der Waals surface area contributed by atoms with Gasteiger partial charge in [0.2, 0.25) is 0 Å². The van der Waals surface area contributed by atoms with Crippen molar-refractivity contribution >= 4 is 17.6 Å². The van der Waals surface area contributed by atoms with Crippen LogP contribution in [0.1, 0.15) is 27.4 Å². The summed E-state index contributed by atoms with van der Waals surface area (Å²) in [5.41, 5.74) is -0.630. The molecule has 2 N–H and O–H groups in total. The standard InChI is InChI=1S/C16H14F3NO5/c1-9-13(6-12(7-21)25-9)15(23)24-8-14(22)20-11-4-2-10(3-5-11)16(17,18)19/h2-6,21H,7-8H2,1H3,(H,20,22). The van der Waals surface area contributed by atoms with Gasteiger partial charge in [0.05, 0.1) is 5.56 Å². The minimum Gasteiger partial charge on any atom is -0.463 e. The minimum absolute atomic E-state index is 0.0754. The Kier molecular flexibility index (Phi) is 5.48. The molecule has 134 valence electrons. The molecule has 1 heterocycles. The molecule has 6 nitrogen and oxygen atoms in total. The Hall–Kier alpha value is -2.81. The number of nitrogens with one attached hydrogen (secondary N) is 1. The van der Waals surface area contributed by atoms with Crippen LogP contribution in [0.2, 0.25) is 0 Å². The van der Waals surface area contributed by atoms with Crippen LogP contribution in [0.4, 0.5) is 18.9 Å². The second-order valence-corrected chi connectivity index (χ2v) is 5.04. The van der Waals surface area contributed by atoms with Crippen molar-refractivity contribution in [3.63, 3.8) is 0 Å². The van der Waals surface area contributed by atoms with Crippen LogP contribution >= 0.6 is 0 Å². The van der Waals surface area contributed by atoms with Gasteiger partial charge in [-0.25, -0.2) is 4.79 Å². The minimum atomic E-state index is -4.46. The Morgan fingerprint density at radius 1 is 1.24 bits per heavy atom. The average Bonchev–Trinajstić information content (AvgIpc) is 2.93.